The summed E-state index contributed by atoms with van der Waals surface area (Å²) in [6.45, 7) is 31.7. The number of furan rings is 1. The molecule has 0 radical (unpaired) electrons. The molecule has 0 aliphatic heterocycles. The van der Waals surface area contributed by atoms with Crippen molar-refractivity contribution in [1.82, 2.24) is 14.5 Å². The number of pyridine rings is 1. The zero-order valence-corrected chi connectivity index (χ0v) is 61.1. The maximum atomic E-state index is 11.7. The van der Waals surface area contributed by atoms with Gasteiger partial charge in [0.05, 0.1) is 28.0 Å². The van der Waals surface area contributed by atoms with Gasteiger partial charge in [0.25, 0.3) is 0 Å². The van der Waals surface area contributed by atoms with Gasteiger partial charge < -0.3 is 9.52 Å². The van der Waals surface area contributed by atoms with E-state index in [0.29, 0.717) is 35.2 Å². The predicted octanol–water partition coefficient (Wildman–Crippen LogP) is 25.3. The summed E-state index contributed by atoms with van der Waals surface area (Å²) in [7, 11) is 0. The molecular weight excluding hydrogens is 1370 g/mol. The molecule has 5 nitrogen and oxygen atoms in total. The van der Waals surface area contributed by atoms with Crippen molar-refractivity contribution < 1.29 is 30.6 Å². The third-order valence-corrected chi connectivity index (χ3v) is 20.4. The number of imidazole rings is 1. The van der Waals surface area contributed by atoms with E-state index in [0.717, 1.165) is 152 Å². The summed E-state index contributed by atoms with van der Waals surface area (Å²) in [5.74, 6) is 2.10. The van der Waals surface area contributed by atoms with E-state index in [1.807, 2.05) is 6.07 Å². The van der Waals surface area contributed by atoms with Crippen molar-refractivity contribution in [3.63, 3.8) is 0 Å². The molecule has 98 heavy (non-hydrogen) atoms. The Morgan fingerprint density at radius 3 is 1.48 bits per heavy atom. The zero-order valence-electron chi connectivity index (χ0n) is 58.8. The van der Waals surface area contributed by atoms with Crippen LogP contribution in [0, 0.1) is 47.6 Å². The maximum absolute atomic E-state index is 11.7. The predicted molar refractivity (Wildman–Crippen MR) is 408 cm³/mol. The normalized spacial score (nSPS) is 12.2. The average molecular weight is 1460 g/mol. The number of rotatable bonds is 13. The van der Waals surface area contributed by atoms with Crippen LogP contribution in [0.5, 0.6) is 5.75 Å². The molecule has 0 spiro atoms. The Morgan fingerprint density at radius 2 is 0.929 bits per heavy atom. The molecule has 1 aliphatic rings. The van der Waals surface area contributed by atoms with Crippen molar-refractivity contribution in [2.75, 3.05) is 0 Å². The van der Waals surface area contributed by atoms with Gasteiger partial charge in [0.1, 0.15) is 17.0 Å². The van der Waals surface area contributed by atoms with Crippen LogP contribution in [0.25, 0.3) is 139 Å². The summed E-state index contributed by atoms with van der Waals surface area (Å²) < 4.78 is 9.72. The van der Waals surface area contributed by atoms with Gasteiger partial charge in [-0.2, -0.15) is 0 Å². The number of nitrogens with zero attached hydrogens (tertiary/aromatic N) is 3. The Hall–Kier alpha value is -9.67. The molecule has 490 valence electrons. The molecule has 3 aromatic heterocycles. The Balaban J connectivity index is 0.00000821. The first-order valence-corrected chi connectivity index (χ1v) is 34.8. The molecule has 0 fully saturated rings. The molecule has 11 aromatic carbocycles. The number of fused-ring (bicyclic) bond motifs is 7. The number of aryl methyl sites for hydroxylation is 8. The minimum Gasteiger partial charge on any atom is -0.507 e. The number of para-hydroxylation sites is 2. The van der Waals surface area contributed by atoms with Crippen molar-refractivity contribution in [2.45, 2.75) is 133 Å². The zero-order chi connectivity index (χ0) is 67.4. The molecule has 0 saturated carbocycles. The van der Waals surface area contributed by atoms with Gasteiger partial charge >= 0.3 is 0 Å². The number of benzene rings is 11. The fourth-order valence-electron chi connectivity index (χ4n) is 15.5. The first kappa shape index (κ1) is 65.6. The molecule has 6 heteroatoms. The number of hydrogen-bond acceptors (Lipinski definition) is 4. The molecule has 1 N–H and O–H groups in total. The van der Waals surface area contributed by atoms with Gasteiger partial charge in [-0.15, -0.1) is 17.7 Å². The van der Waals surface area contributed by atoms with Crippen molar-refractivity contribution in [2.24, 2.45) is 0 Å². The second-order valence-electron chi connectivity index (χ2n) is 28.9. The topological polar surface area (TPSA) is 64.1 Å². The number of phenolic OH excluding ortho intramolecular Hbond substituents is 1. The number of aromatic hydroxyl groups is 1. The van der Waals surface area contributed by atoms with Crippen molar-refractivity contribution in [1.29, 1.82) is 0 Å². The number of hydrogen-bond donors (Lipinski definition) is 1. The van der Waals surface area contributed by atoms with Crippen LogP contribution in [0.3, 0.4) is 0 Å². The van der Waals surface area contributed by atoms with Gasteiger partial charge in [0.2, 0.25) is 0 Å². The molecule has 0 unspecified atom stereocenters. The van der Waals surface area contributed by atoms with E-state index < -0.39 is 0 Å². The smallest absolute Gasteiger partial charge is 0.163 e. The van der Waals surface area contributed by atoms with Crippen molar-refractivity contribution >= 4 is 33.0 Å². The standard InChI is InChI=1S/C92H84N3O2.Pt/c1-51(2)63-43-64(52(3)4)46-69(45-63)74-27-20-28-75(70-47-65(53(5)6)44-66(48-70)54(7)8)86(74)77-34-36-81-89(94-92(95(81)90-59(13)21-17-22-60(90)14)80-35-33-62-32-31-61-23-18-29-82(96)85(61)88(62)93-80)84(77)71-49-78-76-24-15-16-30-83(76)97-91(78)79(50-71)87-72(67-39-55(9)37-56(10)40-67)25-19-26-73(87)68-41-57(11)38-58(12)42-68;/h15-30,33-49,51-54,96H,31-32H2,1-14H3;/q-1;. The second-order valence-corrected chi connectivity index (χ2v) is 28.9. The Bertz CT molecular complexity index is 5250. The van der Waals surface area contributed by atoms with Gasteiger partial charge in [-0.1, -0.05) is 259 Å². The summed E-state index contributed by atoms with van der Waals surface area (Å²) in [4.78, 5) is 11.8. The first-order valence-electron chi connectivity index (χ1n) is 34.8. The fraction of sp³-hybridized carbons (Fsp3) is 0.217. The number of aromatic nitrogens is 3. The molecular formula is C92H84N3O2Pt-. The minimum atomic E-state index is 0. The molecule has 14 aromatic rings. The van der Waals surface area contributed by atoms with E-state index in [1.54, 1.807) is 6.07 Å². The van der Waals surface area contributed by atoms with E-state index in [1.165, 1.54) is 55.6 Å². The van der Waals surface area contributed by atoms with E-state index >= 15 is 0 Å². The average Bonchev–Trinajstić information content (AvgIpc) is 1.49. The van der Waals surface area contributed by atoms with Crippen LogP contribution in [0.15, 0.2) is 205 Å². The van der Waals surface area contributed by atoms with Crippen LogP contribution in [0.1, 0.15) is 146 Å². The minimum absolute atomic E-state index is 0. The van der Waals surface area contributed by atoms with Gasteiger partial charge in [-0.25, -0.2) is 9.97 Å². The van der Waals surface area contributed by atoms with Crippen LogP contribution in [-0.4, -0.2) is 19.6 Å². The molecule has 0 atom stereocenters. The molecule has 0 bridgehead atoms. The second kappa shape index (κ2) is 26.0. The molecule has 15 rings (SSSR count). The van der Waals surface area contributed by atoms with E-state index in [2.05, 4.69) is 296 Å². The summed E-state index contributed by atoms with van der Waals surface area (Å²) >= 11 is 0. The van der Waals surface area contributed by atoms with Crippen molar-refractivity contribution in [3.8, 4) is 112 Å². The molecule has 0 saturated heterocycles. The van der Waals surface area contributed by atoms with Gasteiger partial charge in [-0.3, -0.25) is 4.57 Å². The largest absolute Gasteiger partial charge is 0.507 e. The van der Waals surface area contributed by atoms with Gasteiger partial charge in [-0.05, 0) is 213 Å². The molecule has 0 amide bonds. The number of phenols is 1. The Morgan fingerprint density at radius 1 is 0.429 bits per heavy atom. The monoisotopic (exact) mass is 1460 g/mol. The fourth-order valence-corrected chi connectivity index (χ4v) is 15.5. The van der Waals surface area contributed by atoms with Crippen LogP contribution in [-0.2, 0) is 33.9 Å². The van der Waals surface area contributed by atoms with Gasteiger partial charge in [0.15, 0.2) is 5.82 Å². The Labute approximate surface area is 592 Å². The maximum Gasteiger partial charge on any atom is 0.163 e. The van der Waals surface area contributed by atoms with Gasteiger partial charge in [0, 0.05) is 32.0 Å². The van der Waals surface area contributed by atoms with Crippen molar-refractivity contribution in [3.05, 3.63) is 273 Å². The summed E-state index contributed by atoms with van der Waals surface area (Å²) in [5, 5.41) is 13.7. The van der Waals surface area contributed by atoms with E-state index in [9.17, 15) is 5.11 Å². The SMILES string of the molecule is Cc1cc(C)cc(-c2cccc(-c3cc(C)cc(C)c3)c2-c2[c-]c(-c3c(-c4c(-c5cc(C(C)C)cc(C(C)C)c5)cccc4-c4cc(C(C)C)cc(C(C)C)c4)ccc4c3nc(-c3ccc5c(n3)-c3c(O)cccc3CC5)n4-c3c(C)cccc3C)cc3c2oc2ccccc23)c1.[Pt]. The molecule has 3 heterocycles. The first-order chi connectivity index (χ1) is 46.7. The summed E-state index contributed by atoms with van der Waals surface area (Å²) in [6.07, 6.45) is 1.64. The summed E-state index contributed by atoms with van der Waals surface area (Å²) in [5.41, 5.74) is 36.0. The third kappa shape index (κ3) is 11.6. The third-order valence-electron chi connectivity index (χ3n) is 20.4. The Kier molecular flexibility index (Phi) is 17.4. The quantitative estimate of drug-likeness (QED) is 0.117. The van der Waals surface area contributed by atoms with Crippen LogP contribution >= 0.6 is 0 Å². The molecule has 1 aliphatic carbocycles. The van der Waals surface area contributed by atoms with Crippen LogP contribution < -0.4 is 0 Å². The van der Waals surface area contributed by atoms with Crippen LogP contribution in [0.2, 0.25) is 0 Å². The van der Waals surface area contributed by atoms with Crippen LogP contribution in [0.4, 0.5) is 0 Å². The summed E-state index contributed by atoms with van der Waals surface area (Å²) in [6, 6.07) is 78.9. The van der Waals surface area contributed by atoms with E-state index in [4.69, 9.17) is 14.4 Å². The van der Waals surface area contributed by atoms with E-state index in [-0.39, 0.29) is 26.8 Å².